The van der Waals surface area contributed by atoms with E-state index in [9.17, 15) is 9.59 Å². The van der Waals surface area contributed by atoms with Gasteiger partial charge in [-0.05, 0) is 36.6 Å². The molecule has 1 saturated heterocycles. The first-order valence-corrected chi connectivity index (χ1v) is 9.15. The van der Waals surface area contributed by atoms with Crippen molar-refractivity contribution in [3.05, 3.63) is 70.8 Å². The highest BCUT2D eigenvalue weighted by Crippen LogP contribution is 2.24. The lowest BCUT2D eigenvalue weighted by atomic mass is 10.0. The van der Waals surface area contributed by atoms with Crippen molar-refractivity contribution in [2.24, 2.45) is 10.2 Å². The number of nitrogens with zero attached hydrogens (tertiary/aromatic N) is 2. The number of carbonyl (C=O) groups is 2. The number of ketones is 1. The maximum Gasteiger partial charge on any atom is 0.240 e. The molecule has 1 aliphatic heterocycles. The minimum absolute atomic E-state index is 0.0465. The molecule has 1 unspecified atom stereocenters. The average Bonchev–Trinajstić information content (AvgIpc) is 2.97. The predicted octanol–water partition coefficient (Wildman–Crippen LogP) is 3.50. The van der Waals surface area contributed by atoms with E-state index in [-0.39, 0.29) is 18.1 Å². The lowest BCUT2D eigenvalue weighted by Crippen LogP contribution is -2.26. The SMILES string of the molecule is Cc1ccc(C(=O)CC2S/C(=N\N=C\c3ccccc3)NC2=O)cc1C. The zero-order valence-corrected chi connectivity index (χ0v) is 15.4. The van der Waals surface area contributed by atoms with Crippen LogP contribution in [-0.4, -0.2) is 28.3 Å². The van der Waals surface area contributed by atoms with E-state index in [0.29, 0.717) is 10.7 Å². The van der Waals surface area contributed by atoms with Crippen LogP contribution in [0.15, 0.2) is 58.7 Å². The molecule has 2 aromatic carbocycles. The first kappa shape index (κ1) is 18.1. The molecule has 1 atom stereocenters. The summed E-state index contributed by atoms with van der Waals surface area (Å²) in [5, 5.41) is 10.6. The second-order valence-corrected chi connectivity index (χ2v) is 7.27. The Morgan fingerprint density at radius 2 is 1.92 bits per heavy atom. The minimum atomic E-state index is -0.477. The summed E-state index contributed by atoms with van der Waals surface area (Å²) in [7, 11) is 0. The Balaban J connectivity index is 1.62. The standard InChI is InChI=1S/C20H19N3O2S/c1-13-8-9-16(10-14(13)2)17(24)11-18-19(25)22-20(26-18)23-21-12-15-6-4-3-5-7-15/h3-10,12,18H,11H2,1-2H3,(H,22,23,25)/b21-12+. The van der Waals surface area contributed by atoms with E-state index >= 15 is 0 Å². The van der Waals surface area contributed by atoms with Crippen molar-refractivity contribution < 1.29 is 9.59 Å². The van der Waals surface area contributed by atoms with Crippen LogP contribution in [0.25, 0.3) is 0 Å². The Morgan fingerprint density at radius 1 is 1.15 bits per heavy atom. The number of amides is 1. The van der Waals surface area contributed by atoms with Crippen molar-refractivity contribution >= 4 is 34.8 Å². The largest absolute Gasteiger partial charge is 0.303 e. The third-order valence-electron chi connectivity index (χ3n) is 4.13. The highest BCUT2D eigenvalue weighted by atomic mass is 32.2. The van der Waals surface area contributed by atoms with E-state index in [1.54, 1.807) is 12.3 Å². The summed E-state index contributed by atoms with van der Waals surface area (Å²) < 4.78 is 0. The minimum Gasteiger partial charge on any atom is -0.303 e. The number of amidine groups is 1. The van der Waals surface area contributed by atoms with Crippen LogP contribution in [0, 0.1) is 13.8 Å². The second kappa shape index (κ2) is 8.10. The molecule has 2 aromatic rings. The number of carbonyl (C=O) groups excluding carboxylic acids is 2. The molecule has 5 nitrogen and oxygen atoms in total. The van der Waals surface area contributed by atoms with Crippen molar-refractivity contribution in [3.8, 4) is 0 Å². The lowest BCUT2D eigenvalue weighted by molar-refractivity contribution is -0.118. The van der Waals surface area contributed by atoms with Gasteiger partial charge in [0.1, 0.15) is 0 Å². The molecule has 1 heterocycles. The van der Waals surface area contributed by atoms with E-state index in [1.807, 2.05) is 56.3 Å². The Morgan fingerprint density at radius 3 is 2.65 bits per heavy atom. The van der Waals surface area contributed by atoms with Crippen LogP contribution in [0.1, 0.15) is 33.5 Å². The molecule has 0 radical (unpaired) electrons. The highest BCUT2D eigenvalue weighted by molar-refractivity contribution is 8.15. The summed E-state index contributed by atoms with van der Waals surface area (Å²) in [6, 6.07) is 15.2. The first-order chi connectivity index (χ1) is 12.5. The van der Waals surface area contributed by atoms with Crippen LogP contribution in [-0.2, 0) is 4.79 Å². The van der Waals surface area contributed by atoms with Crippen LogP contribution in [0.5, 0.6) is 0 Å². The number of nitrogens with one attached hydrogen (secondary N) is 1. The third kappa shape index (κ3) is 4.46. The normalized spacial score (nSPS) is 18.5. The van der Waals surface area contributed by atoms with Gasteiger partial charge in [-0.3, -0.25) is 9.59 Å². The third-order valence-corrected chi connectivity index (χ3v) is 5.20. The number of rotatable bonds is 5. The number of Topliss-reactive ketones (excluding diaryl/α,β-unsaturated/α-hetero) is 1. The lowest BCUT2D eigenvalue weighted by Gasteiger charge is -2.06. The summed E-state index contributed by atoms with van der Waals surface area (Å²) in [4.78, 5) is 24.5. The monoisotopic (exact) mass is 365 g/mol. The van der Waals surface area contributed by atoms with Gasteiger partial charge in [0.2, 0.25) is 5.91 Å². The molecular weight excluding hydrogens is 346 g/mol. The van der Waals surface area contributed by atoms with Crippen molar-refractivity contribution in [2.45, 2.75) is 25.5 Å². The Hall–Kier alpha value is -2.73. The average molecular weight is 365 g/mol. The van der Waals surface area contributed by atoms with Gasteiger partial charge in [0, 0.05) is 12.0 Å². The smallest absolute Gasteiger partial charge is 0.240 e. The Kier molecular flexibility index (Phi) is 5.63. The number of benzene rings is 2. The van der Waals surface area contributed by atoms with Crippen LogP contribution in [0.4, 0.5) is 0 Å². The summed E-state index contributed by atoms with van der Waals surface area (Å²) in [5.74, 6) is -0.254. The molecule has 1 N–H and O–H groups in total. The maximum atomic E-state index is 12.5. The van der Waals surface area contributed by atoms with Crippen molar-refractivity contribution in [2.75, 3.05) is 0 Å². The number of hydrogen-bond acceptors (Lipinski definition) is 5. The zero-order chi connectivity index (χ0) is 18.5. The number of thioether (sulfide) groups is 1. The highest BCUT2D eigenvalue weighted by Gasteiger charge is 2.32. The van der Waals surface area contributed by atoms with Crippen LogP contribution in [0.2, 0.25) is 0 Å². The number of hydrogen-bond donors (Lipinski definition) is 1. The van der Waals surface area contributed by atoms with E-state index < -0.39 is 5.25 Å². The quantitative estimate of drug-likeness (QED) is 0.501. The zero-order valence-electron chi connectivity index (χ0n) is 14.6. The van der Waals surface area contributed by atoms with E-state index in [1.165, 1.54) is 11.8 Å². The second-order valence-electron chi connectivity index (χ2n) is 6.08. The molecule has 1 amide bonds. The van der Waals surface area contributed by atoms with Gasteiger partial charge < -0.3 is 5.32 Å². The van der Waals surface area contributed by atoms with Crippen molar-refractivity contribution in [1.82, 2.24) is 5.32 Å². The molecule has 0 spiro atoms. The van der Waals surface area contributed by atoms with Gasteiger partial charge in [-0.15, -0.1) is 5.10 Å². The van der Waals surface area contributed by atoms with Gasteiger partial charge in [-0.25, -0.2) is 0 Å². The fourth-order valence-corrected chi connectivity index (χ4v) is 3.40. The van der Waals surface area contributed by atoms with Crippen LogP contribution in [0.3, 0.4) is 0 Å². The fourth-order valence-electron chi connectivity index (χ4n) is 2.47. The van der Waals surface area contributed by atoms with Gasteiger partial charge >= 0.3 is 0 Å². The predicted molar refractivity (Wildman–Crippen MR) is 106 cm³/mol. The summed E-state index contributed by atoms with van der Waals surface area (Å²) in [6.45, 7) is 3.97. The van der Waals surface area contributed by atoms with Crippen LogP contribution < -0.4 is 5.32 Å². The van der Waals surface area contributed by atoms with Gasteiger partial charge in [0.05, 0.1) is 11.5 Å². The van der Waals surface area contributed by atoms with E-state index in [0.717, 1.165) is 16.7 Å². The molecular formula is C20H19N3O2S. The molecule has 0 aromatic heterocycles. The molecule has 6 heteroatoms. The van der Waals surface area contributed by atoms with E-state index in [2.05, 4.69) is 15.5 Å². The summed E-state index contributed by atoms with van der Waals surface area (Å²) in [5.41, 5.74) is 3.76. The molecule has 0 aliphatic carbocycles. The fraction of sp³-hybridized carbons (Fsp3) is 0.200. The van der Waals surface area contributed by atoms with Crippen LogP contribution >= 0.6 is 11.8 Å². The number of aryl methyl sites for hydroxylation is 2. The molecule has 1 aliphatic rings. The van der Waals surface area contributed by atoms with Crippen molar-refractivity contribution in [3.63, 3.8) is 0 Å². The topological polar surface area (TPSA) is 70.9 Å². The van der Waals surface area contributed by atoms with Gasteiger partial charge in [0.25, 0.3) is 0 Å². The maximum absolute atomic E-state index is 12.5. The molecule has 3 rings (SSSR count). The molecule has 0 saturated carbocycles. The molecule has 1 fully saturated rings. The van der Waals surface area contributed by atoms with Crippen molar-refractivity contribution in [1.29, 1.82) is 0 Å². The van der Waals surface area contributed by atoms with E-state index in [4.69, 9.17) is 0 Å². The van der Waals surface area contributed by atoms with Gasteiger partial charge in [0.15, 0.2) is 11.0 Å². The summed E-state index contributed by atoms with van der Waals surface area (Å²) >= 11 is 1.24. The first-order valence-electron chi connectivity index (χ1n) is 8.27. The molecule has 26 heavy (non-hydrogen) atoms. The summed E-state index contributed by atoms with van der Waals surface area (Å²) in [6.07, 6.45) is 1.76. The molecule has 132 valence electrons. The molecule has 0 bridgehead atoms. The Labute approximate surface area is 156 Å². The van der Waals surface area contributed by atoms with Gasteiger partial charge in [-0.1, -0.05) is 54.2 Å². The van der Waals surface area contributed by atoms with Gasteiger partial charge in [-0.2, -0.15) is 5.10 Å². The Bertz CT molecular complexity index is 891.